The van der Waals surface area contributed by atoms with E-state index < -0.39 is 0 Å². The minimum atomic E-state index is -0.0593. The van der Waals surface area contributed by atoms with Gasteiger partial charge in [-0.25, -0.2) is 0 Å². The van der Waals surface area contributed by atoms with Crippen LogP contribution in [-0.2, 0) is 9.47 Å². The highest BCUT2D eigenvalue weighted by Gasteiger charge is 2.21. The Kier molecular flexibility index (Phi) is 7.98. The van der Waals surface area contributed by atoms with Crippen molar-refractivity contribution in [2.75, 3.05) is 20.8 Å². The van der Waals surface area contributed by atoms with Gasteiger partial charge in [-0.05, 0) is 33.6 Å². The Bertz CT molecular complexity index is 165. The van der Waals surface area contributed by atoms with Gasteiger partial charge in [-0.3, -0.25) is 0 Å². The average Bonchev–Trinajstić information content (AvgIpc) is 2.17. The van der Waals surface area contributed by atoms with Gasteiger partial charge in [0, 0.05) is 26.3 Å². The van der Waals surface area contributed by atoms with Gasteiger partial charge >= 0.3 is 0 Å². The van der Waals surface area contributed by atoms with Crippen molar-refractivity contribution in [1.29, 1.82) is 0 Å². The van der Waals surface area contributed by atoms with Gasteiger partial charge in [-0.1, -0.05) is 13.3 Å². The molecule has 0 fully saturated rings. The molecule has 2 atom stereocenters. The Morgan fingerprint density at radius 2 is 1.88 bits per heavy atom. The predicted molar refractivity (Wildman–Crippen MR) is 68.9 cm³/mol. The molecule has 0 aliphatic rings. The fraction of sp³-hybridized carbons (Fsp3) is 1.00. The van der Waals surface area contributed by atoms with E-state index in [2.05, 4.69) is 33.0 Å². The van der Waals surface area contributed by atoms with E-state index in [-0.39, 0.29) is 5.60 Å². The SMILES string of the molecule is CCCC(COC)NC(C)CC(C)(C)OC. The maximum Gasteiger partial charge on any atom is 0.0637 e. The lowest BCUT2D eigenvalue weighted by Crippen LogP contribution is -2.43. The van der Waals surface area contributed by atoms with Crippen LogP contribution in [0.2, 0.25) is 0 Å². The number of nitrogens with one attached hydrogen (secondary N) is 1. The van der Waals surface area contributed by atoms with Crippen LogP contribution in [0, 0.1) is 0 Å². The summed E-state index contributed by atoms with van der Waals surface area (Å²) in [7, 11) is 3.53. The molecule has 0 heterocycles. The quantitative estimate of drug-likeness (QED) is 0.661. The van der Waals surface area contributed by atoms with Gasteiger partial charge in [0.15, 0.2) is 0 Å². The van der Waals surface area contributed by atoms with E-state index in [1.807, 2.05) is 0 Å². The zero-order valence-corrected chi connectivity index (χ0v) is 11.8. The molecule has 0 amide bonds. The molecule has 98 valence electrons. The Morgan fingerprint density at radius 1 is 1.25 bits per heavy atom. The van der Waals surface area contributed by atoms with Gasteiger partial charge in [0.05, 0.1) is 12.2 Å². The van der Waals surface area contributed by atoms with Crippen LogP contribution in [0.15, 0.2) is 0 Å². The van der Waals surface area contributed by atoms with Crippen molar-refractivity contribution in [2.45, 2.75) is 64.6 Å². The predicted octanol–water partition coefficient (Wildman–Crippen LogP) is 2.59. The van der Waals surface area contributed by atoms with Crippen molar-refractivity contribution in [3.63, 3.8) is 0 Å². The monoisotopic (exact) mass is 231 g/mol. The highest BCUT2D eigenvalue weighted by molar-refractivity contribution is 4.78. The second kappa shape index (κ2) is 8.04. The summed E-state index contributed by atoms with van der Waals surface area (Å²) in [5.41, 5.74) is -0.0593. The molecule has 0 aromatic heterocycles. The van der Waals surface area contributed by atoms with E-state index in [0.717, 1.165) is 19.4 Å². The summed E-state index contributed by atoms with van der Waals surface area (Å²) < 4.78 is 10.7. The molecule has 0 aliphatic heterocycles. The largest absolute Gasteiger partial charge is 0.383 e. The van der Waals surface area contributed by atoms with Crippen LogP contribution in [0.4, 0.5) is 0 Å². The Hall–Kier alpha value is -0.120. The Morgan fingerprint density at radius 3 is 2.31 bits per heavy atom. The van der Waals surface area contributed by atoms with E-state index in [4.69, 9.17) is 9.47 Å². The molecule has 0 aromatic rings. The van der Waals surface area contributed by atoms with Crippen LogP contribution in [-0.4, -0.2) is 38.5 Å². The fourth-order valence-corrected chi connectivity index (χ4v) is 2.05. The first-order valence-electron chi connectivity index (χ1n) is 6.25. The van der Waals surface area contributed by atoms with Crippen LogP contribution in [0.1, 0.15) is 47.0 Å². The van der Waals surface area contributed by atoms with E-state index in [0.29, 0.717) is 12.1 Å². The molecule has 0 saturated carbocycles. The van der Waals surface area contributed by atoms with Gasteiger partial charge < -0.3 is 14.8 Å². The lowest BCUT2D eigenvalue weighted by Gasteiger charge is -2.29. The first-order valence-corrected chi connectivity index (χ1v) is 6.25. The zero-order valence-electron chi connectivity index (χ0n) is 11.8. The summed E-state index contributed by atoms with van der Waals surface area (Å²) >= 11 is 0. The molecule has 0 aliphatic carbocycles. The summed E-state index contributed by atoms with van der Waals surface area (Å²) in [6.07, 6.45) is 3.35. The Balaban J connectivity index is 4.02. The summed E-state index contributed by atoms with van der Waals surface area (Å²) in [6.45, 7) is 9.44. The minimum Gasteiger partial charge on any atom is -0.383 e. The molecule has 0 aromatic carbocycles. The highest BCUT2D eigenvalue weighted by atomic mass is 16.5. The number of methoxy groups -OCH3 is 2. The number of hydrogen-bond acceptors (Lipinski definition) is 3. The van der Waals surface area contributed by atoms with Crippen LogP contribution in [0.25, 0.3) is 0 Å². The maximum absolute atomic E-state index is 5.44. The van der Waals surface area contributed by atoms with Crippen molar-refractivity contribution in [2.24, 2.45) is 0 Å². The summed E-state index contributed by atoms with van der Waals surface area (Å²) in [5.74, 6) is 0. The molecular weight excluding hydrogens is 202 g/mol. The number of hydrogen-bond donors (Lipinski definition) is 1. The van der Waals surface area contributed by atoms with Gasteiger partial charge in [0.2, 0.25) is 0 Å². The average molecular weight is 231 g/mol. The molecule has 0 bridgehead atoms. The third kappa shape index (κ3) is 7.20. The number of ether oxygens (including phenoxy) is 2. The molecule has 1 N–H and O–H groups in total. The van der Waals surface area contributed by atoms with Crippen LogP contribution in [0.5, 0.6) is 0 Å². The van der Waals surface area contributed by atoms with Crippen molar-refractivity contribution < 1.29 is 9.47 Å². The lowest BCUT2D eigenvalue weighted by atomic mass is 9.99. The van der Waals surface area contributed by atoms with Gasteiger partial charge in [0.1, 0.15) is 0 Å². The Labute approximate surface area is 101 Å². The minimum absolute atomic E-state index is 0.0593. The standard InChI is InChI=1S/C13H29NO2/c1-7-8-12(10-15-5)14-11(2)9-13(3,4)16-6/h11-12,14H,7-10H2,1-6H3. The van der Waals surface area contributed by atoms with Gasteiger partial charge in [0.25, 0.3) is 0 Å². The summed E-state index contributed by atoms with van der Waals surface area (Å²) in [6, 6.07) is 0.902. The molecule has 0 rings (SSSR count). The van der Waals surface area contributed by atoms with E-state index in [1.54, 1.807) is 14.2 Å². The van der Waals surface area contributed by atoms with Crippen LogP contribution >= 0.6 is 0 Å². The van der Waals surface area contributed by atoms with E-state index >= 15 is 0 Å². The second-order valence-electron chi connectivity index (χ2n) is 5.18. The molecule has 2 unspecified atom stereocenters. The second-order valence-corrected chi connectivity index (χ2v) is 5.18. The molecule has 0 saturated heterocycles. The topological polar surface area (TPSA) is 30.5 Å². The zero-order chi connectivity index (χ0) is 12.6. The van der Waals surface area contributed by atoms with Crippen molar-refractivity contribution >= 4 is 0 Å². The number of rotatable bonds is 9. The third-order valence-electron chi connectivity index (χ3n) is 2.88. The van der Waals surface area contributed by atoms with Crippen molar-refractivity contribution in [3.8, 4) is 0 Å². The van der Waals surface area contributed by atoms with Gasteiger partial charge in [-0.2, -0.15) is 0 Å². The third-order valence-corrected chi connectivity index (χ3v) is 2.88. The first-order chi connectivity index (χ1) is 7.45. The maximum atomic E-state index is 5.44. The smallest absolute Gasteiger partial charge is 0.0637 e. The molecular formula is C13H29NO2. The molecule has 16 heavy (non-hydrogen) atoms. The van der Waals surface area contributed by atoms with Crippen molar-refractivity contribution in [3.05, 3.63) is 0 Å². The molecule has 0 spiro atoms. The van der Waals surface area contributed by atoms with E-state index in [1.165, 1.54) is 6.42 Å². The lowest BCUT2D eigenvalue weighted by molar-refractivity contribution is 0.00650. The molecule has 0 radical (unpaired) electrons. The van der Waals surface area contributed by atoms with E-state index in [9.17, 15) is 0 Å². The summed E-state index contributed by atoms with van der Waals surface area (Å²) in [5, 5.41) is 3.60. The van der Waals surface area contributed by atoms with Crippen LogP contribution in [0.3, 0.4) is 0 Å². The van der Waals surface area contributed by atoms with Crippen molar-refractivity contribution in [1.82, 2.24) is 5.32 Å². The molecule has 3 nitrogen and oxygen atoms in total. The fourth-order valence-electron chi connectivity index (χ4n) is 2.05. The summed E-state index contributed by atoms with van der Waals surface area (Å²) in [4.78, 5) is 0. The molecule has 3 heteroatoms. The van der Waals surface area contributed by atoms with Gasteiger partial charge in [-0.15, -0.1) is 0 Å². The first kappa shape index (κ1) is 15.9. The van der Waals surface area contributed by atoms with Crippen LogP contribution < -0.4 is 5.32 Å². The highest BCUT2D eigenvalue weighted by Crippen LogP contribution is 2.16. The normalized spacial score (nSPS) is 16.1.